The van der Waals surface area contributed by atoms with Gasteiger partial charge in [-0.25, -0.2) is 0 Å². The van der Waals surface area contributed by atoms with Gasteiger partial charge in [-0.05, 0) is 68.8 Å². The highest BCUT2D eigenvalue weighted by Crippen LogP contribution is 2.65. The van der Waals surface area contributed by atoms with Crippen LogP contribution in [0.4, 0.5) is 0 Å². The lowest BCUT2D eigenvalue weighted by atomic mass is 9.47. The number of aliphatic hydroxyl groups is 1. The van der Waals surface area contributed by atoms with E-state index in [0.29, 0.717) is 30.6 Å². The summed E-state index contributed by atoms with van der Waals surface area (Å²) in [6.07, 6.45) is 10.0. The Hall–Kier alpha value is -1.16. The fourth-order valence-corrected chi connectivity index (χ4v) is 7.05. The maximum absolute atomic E-state index is 11.9. The highest BCUT2D eigenvalue weighted by molar-refractivity contribution is 5.91. The van der Waals surface area contributed by atoms with Gasteiger partial charge in [-0.15, -0.1) is 0 Å². The number of hydrogen-bond acceptors (Lipinski definition) is 4. The topological polar surface area (TPSA) is 63.6 Å². The first-order valence-electron chi connectivity index (χ1n) is 10.5. The van der Waals surface area contributed by atoms with Crippen molar-refractivity contribution < 1.29 is 19.4 Å². The summed E-state index contributed by atoms with van der Waals surface area (Å²) in [5.41, 5.74) is 1.12. The molecule has 144 valence electrons. The third-order valence-electron chi connectivity index (χ3n) is 8.44. The molecule has 0 aromatic heterocycles. The van der Waals surface area contributed by atoms with Crippen LogP contribution in [0.3, 0.4) is 0 Å². The van der Waals surface area contributed by atoms with Crippen molar-refractivity contribution in [1.29, 1.82) is 0 Å². The lowest BCUT2D eigenvalue weighted by Gasteiger charge is -2.58. The van der Waals surface area contributed by atoms with E-state index < -0.39 is 0 Å². The fourth-order valence-electron chi connectivity index (χ4n) is 7.05. The largest absolute Gasteiger partial charge is 0.462 e. The first-order chi connectivity index (χ1) is 12.4. The first-order valence-corrected chi connectivity index (χ1v) is 10.5. The van der Waals surface area contributed by atoms with Gasteiger partial charge in [-0.1, -0.05) is 19.4 Å². The molecule has 0 aromatic rings. The van der Waals surface area contributed by atoms with Gasteiger partial charge in [0.15, 0.2) is 5.78 Å². The summed E-state index contributed by atoms with van der Waals surface area (Å²) in [6, 6.07) is 0. The molecule has 0 bridgehead atoms. The molecule has 0 radical (unpaired) electrons. The number of esters is 1. The maximum Gasteiger partial charge on any atom is 0.305 e. The van der Waals surface area contributed by atoms with E-state index in [-0.39, 0.29) is 35.3 Å². The normalized spacial score (nSPS) is 44.6. The van der Waals surface area contributed by atoms with E-state index in [2.05, 4.69) is 6.92 Å². The summed E-state index contributed by atoms with van der Waals surface area (Å²) in [4.78, 5) is 23.8. The van der Waals surface area contributed by atoms with E-state index in [4.69, 9.17) is 4.74 Å². The zero-order valence-electron chi connectivity index (χ0n) is 16.1. The van der Waals surface area contributed by atoms with Crippen molar-refractivity contribution in [3.8, 4) is 0 Å². The van der Waals surface area contributed by atoms with Crippen molar-refractivity contribution in [2.75, 3.05) is 6.61 Å². The molecule has 3 saturated carbocycles. The van der Waals surface area contributed by atoms with Gasteiger partial charge in [-0.2, -0.15) is 0 Å². The minimum absolute atomic E-state index is 0.0517. The lowest BCUT2D eigenvalue weighted by Crippen LogP contribution is -2.53. The molecule has 6 atom stereocenters. The van der Waals surface area contributed by atoms with Crippen LogP contribution in [0, 0.1) is 28.6 Å². The van der Waals surface area contributed by atoms with Gasteiger partial charge in [0.1, 0.15) is 6.10 Å². The summed E-state index contributed by atoms with van der Waals surface area (Å²) in [7, 11) is 0. The number of rotatable bonds is 3. The molecule has 0 aliphatic heterocycles. The summed E-state index contributed by atoms with van der Waals surface area (Å²) >= 11 is 0. The van der Waals surface area contributed by atoms with Crippen LogP contribution in [-0.4, -0.2) is 29.6 Å². The van der Waals surface area contributed by atoms with E-state index in [1.807, 2.05) is 13.0 Å². The molecule has 0 aromatic carbocycles. The molecule has 4 aliphatic rings. The highest BCUT2D eigenvalue weighted by atomic mass is 16.5. The molecule has 4 aliphatic carbocycles. The standard InChI is InChI=1S/C22H32O4/c1-3-20(25)26-19-7-6-17-16-5-4-14-12-15(24)8-11-22(14,13-23)18(16)9-10-21(17,19)2/h12,16-19,23H,3-11,13H2,1-2H3/t16-,17-,18-,19-,21-,22+/m0/s1. The Bertz CT molecular complexity index is 638. The van der Waals surface area contributed by atoms with E-state index in [1.54, 1.807) is 0 Å². The van der Waals surface area contributed by atoms with E-state index in [0.717, 1.165) is 44.9 Å². The third-order valence-corrected chi connectivity index (χ3v) is 8.44. The zero-order chi connectivity index (χ0) is 18.5. The van der Waals surface area contributed by atoms with Gasteiger partial charge in [0.2, 0.25) is 0 Å². The fraction of sp³-hybridized carbons (Fsp3) is 0.818. The number of ketones is 1. The van der Waals surface area contributed by atoms with Gasteiger partial charge in [0.25, 0.3) is 0 Å². The Kier molecular flexibility index (Phi) is 4.53. The Morgan fingerprint density at radius 3 is 2.73 bits per heavy atom. The quantitative estimate of drug-likeness (QED) is 0.777. The Balaban J connectivity index is 1.62. The molecule has 4 heteroatoms. The van der Waals surface area contributed by atoms with Crippen molar-refractivity contribution in [3.63, 3.8) is 0 Å². The minimum Gasteiger partial charge on any atom is -0.462 e. The molecule has 4 nitrogen and oxygen atoms in total. The van der Waals surface area contributed by atoms with Crippen molar-refractivity contribution in [2.45, 2.75) is 77.7 Å². The predicted octanol–water partition coefficient (Wildman–Crippen LogP) is 3.81. The van der Waals surface area contributed by atoms with Gasteiger partial charge < -0.3 is 9.84 Å². The molecule has 0 saturated heterocycles. The molecule has 4 rings (SSSR count). The smallest absolute Gasteiger partial charge is 0.305 e. The van der Waals surface area contributed by atoms with Crippen LogP contribution in [0.2, 0.25) is 0 Å². The van der Waals surface area contributed by atoms with E-state index in [9.17, 15) is 14.7 Å². The van der Waals surface area contributed by atoms with Gasteiger partial charge in [0, 0.05) is 23.7 Å². The average Bonchev–Trinajstić information content (AvgIpc) is 2.97. The predicted molar refractivity (Wildman–Crippen MR) is 98.3 cm³/mol. The van der Waals surface area contributed by atoms with Gasteiger partial charge in [0.05, 0.1) is 6.61 Å². The summed E-state index contributed by atoms with van der Waals surface area (Å²) in [5.74, 6) is 1.77. The number of fused-ring (bicyclic) bond motifs is 5. The summed E-state index contributed by atoms with van der Waals surface area (Å²) in [6.45, 7) is 4.36. The first kappa shape index (κ1) is 18.2. The number of ether oxygens (including phenoxy) is 1. The number of carbonyl (C=O) groups excluding carboxylic acids is 2. The van der Waals surface area contributed by atoms with Crippen LogP contribution in [-0.2, 0) is 14.3 Å². The van der Waals surface area contributed by atoms with Crippen molar-refractivity contribution in [3.05, 3.63) is 11.6 Å². The van der Waals surface area contributed by atoms with Crippen molar-refractivity contribution >= 4 is 11.8 Å². The molecular formula is C22H32O4. The van der Waals surface area contributed by atoms with Crippen LogP contribution in [0.15, 0.2) is 11.6 Å². The van der Waals surface area contributed by atoms with Crippen LogP contribution < -0.4 is 0 Å². The van der Waals surface area contributed by atoms with Crippen LogP contribution in [0.5, 0.6) is 0 Å². The second kappa shape index (κ2) is 6.47. The van der Waals surface area contributed by atoms with Crippen molar-refractivity contribution in [2.24, 2.45) is 28.6 Å². The molecule has 0 amide bonds. The average molecular weight is 360 g/mol. The monoisotopic (exact) mass is 360 g/mol. The highest BCUT2D eigenvalue weighted by Gasteiger charge is 2.60. The molecule has 0 unspecified atom stereocenters. The molecule has 1 N–H and O–H groups in total. The molecule has 26 heavy (non-hydrogen) atoms. The summed E-state index contributed by atoms with van der Waals surface area (Å²) in [5, 5.41) is 10.4. The van der Waals surface area contributed by atoms with Crippen molar-refractivity contribution in [1.82, 2.24) is 0 Å². The SMILES string of the molecule is CCC(=O)O[C@H]1CC[C@H]2[C@@H]3CCC4=CC(=O)CC[C@]4(CO)[C@H]3CC[C@]12C. The van der Waals surface area contributed by atoms with Gasteiger partial charge >= 0.3 is 5.97 Å². The van der Waals surface area contributed by atoms with Crippen LogP contribution in [0.1, 0.15) is 71.6 Å². The van der Waals surface area contributed by atoms with Gasteiger partial charge in [-0.3, -0.25) is 9.59 Å². The van der Waals surface area contributed by atoms with E-state index >= 15 is 0 Å². The molecule has 3 fully saturated rings. The summed E-state index contributed by atoms with van der Waals surface area (Å²) < 4.78 is 5.84. The van der Waals surface area contributed by atoms with Crippen LogP contribution >= 0.6 is 0 Å². The zero-order valence-corrected chi connectivity index (χ0v) is 16.1. The lowest BCUT2D eigenvalue weighted by molar-refractivity contribution is -0.160. The number of aliphatic hydroxyl groups excluding tert-OH is 1. The Morgan fingerprint density at radius 1 is 1.19 bits per heavy atom. The second-order valence-electron chi connectivity index (χ2n) is 9.32. The molecular weight excluding hydrogens is 328 g/mol. The number of hydrogen-bond donors (Lipinski definition) is 1. The molecule has 0 heterocycles. The Labute approximate surface area is 156 Å². The Morgan fingerprint density at radius 2 is 2.00 bits per heavy atom. The second-order valence-corrected chi connectivity index (χ2v) is 9.32. The number of carbonyl (C=O) groups is 2. The van der Waals surface area contributed by atoms with E-state index in [1.165, 1.54) is 5.57 Å². The van der Waals surface area contributed by atoms with Crippen LogP contribution in [0.25, 0.3) is 0 Å². The third kappa shape index (κ3) is 2.51. The molecule has 0 spiro atoms. The maximum atomic E-state index is 11.9. The minimum atomic E-state index is -0.170.